The average Bonchev–Trinajstić information content (AvgIpc) is 3.58. The van der Waals surface area contributed by atoms with Crippen LogP contribution in [-0.4, -0.2) is 54.5 Å². The van der Waals surface area contributed by atoms with Gasteiger partial charge in [-0.25, -0.2) is 4.98 Å². The SMILES string of the molecule is CCCCOCCOc1ccc(-c2ccc3c(c2)C=C(C(=O)Nc2ccc(SCCc4nc[nH]c4CCCC)c(C)c2)CCCN3CC(C)C)cc1. The Hall–Kier alpha value is -4.01. The molecule has 0 fully saturated rings. The zero-order valence-electron chi connectivity index (χ0n) is 31.9. The normalized spacial score (nSPS) is 13.0. The Balaban J connectivity index is 1.27. The van der Waals surface area contributed by atoms with Crippen molar-refractivity contribution in [3.05, 3.63) is 95.1 Å². The summed E-state index contributed by atoms with van der Waals surface area (Å²) in [5, 5.41) is 3.22. The molecule has 278 valence electrons. The standard InChI is InChI=1S/C44H58N4O3S/c1-6-8-12-40-41(46-31-45-40)21-26-52-43-20-16-38(27-33(43)5)47-44(49)36-11-10-22-48(30-32(3)4)42-19-15-35(28-37(42)29-36)34-13-17-39(18-14-34)51-25-24-50-23-9-7-2/h13-20,27-29,31-32H,6-12,21-26,30H2,1-5H3,(H,45,46)(H,47,49). The van der Waals surface area contributed by atoms with E-state index in [1.165, 1.54) is 40.4 Å². The number of aromatic amines is 1. The first kappa shape index (κ1) is 39.2. The molecule has 0 spiro atoms. The second-order valence-corrected chi connectivity index (χ2v) is 15.3. The number of aromatic nitrogens is 2. The first-order valence-electron chi connectivity index (χ1n) is 19.3. The Bertz CT molecular complexity index is 1750. The molecule has 0 atom stereocenters. The van der Waals surface area contributed by atoms with Crippen molar-refractivity contribution >= 4 is 35.1 Å². The highest BCUT2D eigenvalue weighted by Crippen LogP contribution is 2.34. The number of nitrogens with zero attached hydrogens (tertiary/aromatic N) is 2. The lowest BCUT2D eigenvalue weighted by Gasteiger charge is -2.30. The number of aryl methyl sites for hydroxylation is 3. The number of carbonyl (C=O) groups is 1. The molecule has 4 aromatic rings. The lowest BCUT2D eigenvalue weighted by molar-refractivity contribution is -0.112. The molecule has 0 unspecified atom stereocenters. The number of fused-ring (bicyclic) bond motifs is 1. The molecule has 2 N–H and O–H groups in total. The van der Waals surface area contributed by atoms with Crippen molar-refractivity contribution in [1.82, 2.24) is 9.97 Å². The van der Waals surface area contributed by atoms with Crippen molar-refractivity contribution in [1.29, 1.82) is 0 Å². The van der Waals surface area contributed by atoms with Crippen LogP contribution in [-0.2, 0) is 22.4 Å². The van der Waals surface area contributed by atoms with Crippen LogP contribution in [0.1, 0.15) is 88.7 Å². The number of hydrogen-bond acceptors (Lipinski definition) is 6. The number of unbranched alkanes of at least 4 members (excludes halogenated alkanes) is 2. The van der Waals surface area contributed by atoms with Gasteiger partial charge < -0.3 is 24.7 Å². The van der Waals surface area contributed by atoms with E-state index in [1.807, 2.05) is 36.3 Å². The molecule has 1 aliphatic heterocycles. The van der Waals surface area contributed by atoms with E-state index in [1.54, 1.807) is 0 Å². The second kappa shape index (κ2) is 20.3. The van der Waals surface area contributed by atoms with Crippen molar-refractivity contribution < 1.29 is 14.3 Å². The van der Waals surface area contributed by atoms with Crippen LogP contribution < -0.4 is 15.0 Å². The van der Waals surface area contributed by atoms with Gasteiger partial charge in [-0.15, -0.1) is 11.8 Å². The zero-order chi connectivity index (χ0) is 36.7. The Morgan fingerprint density at radius 1 is 0.962 bits per heavy atom. The largest absolute Gasteiger partial charge is 0.491 e. The third kappa shape index (κ3) is 11.5. The van der Waals surface area contributed by atoms with Gasteiger partial charge in [0.05, 0.1) is 18.6 Å². The molecule has 52 heavy (non-hydrogen) atoms. The van der Waals surface area contributed by atoms with Crippen LogP contribution in [0.4, 0.5) is 11.4 Å². The third-order valence-corrected chi connectivity index (χ3v) is 10.6. The summed E-state index contributed by atoms with van der Waals surface area (Å²) >= 11 is 1.85. The van der Waals surface area contributed by atoms with Gasteiger partial charge >= 0.3 is 0 Å². The molecule has 1 aliphatic rings. The summed E-state index contributed by atoms with van der Waals surface area (Å²) in [5.74, 6) is 2.29. The fourth-order valence-corrected chi connectivity index (χ4v) is 7.56. The first-order valence-corrected chi connectivity index (χ1v) is 20.3. The lowest BCUT2D eigenvalue weighted by atomic mass is 9.96. The van der Waals surface area contributed by atoms with Crippen LogP contribution >= 0.6 is 11.8 Å². The topological polar surface area (TPSA) is 79.5 Å². The van der Waals surface area contributed by atoms with Crippen LogP contribution in [0.5, 0.6) is 5.75 Å². The minimum absolute atomic E-state index is 0.0354. The van der Waals surface area contributed by atoms with Crippen molar-refractivity contribution in [2.45, 2.75) is 90.9 Å². The number of ether oxygens (including phenoxy) is 2. The molecule has 0 aliphatic carbocycles. The number of nitrogens with one attached hydrogen (secondary N) is 2. The molecule has 1 aromatic heterocycles. The highest BCUT2D eigenvalue weighted by molar-refractivity contribution is 7.99. The number of amides is 1. The van der Waals surface area contributed by atoms with Gasteiger partial charge in [-0.2, -0.15) is 0 Å². The lowest BCUT2D eigenvalue weighted by Crippen LogP contribution is -2.30. The van der Waals surface area contributed by atoms with Gasteiger partial charge in [-0.3, -0.25) is 4.79 Å². The van der Waals surface area contributed by atoms with E-state index in [2.05, 4.69) is 103 Å². The number of hydrogen-bond donors (Lipinski definition) is 2. The number of rotatable bonds is 19. The zero-order valence-corrected chi connectivity index (χ0v) is 32.7. The number of carbonyl (C=O) groups excluding carboxylic acids is 1. The molecule has 0 bridgehead atoms. The van der Waals surface area contributed by atoms with E-state index in [9.17, 15) is 4.79 Å². The highest BCUT2D eigenvalue weighted by Gasteiger charge is 2.20. The summed E-state index contributed by atoms with van der Waals surface area (Å²) in [5.41, 5.74) is 9.72. The van der Waals surface area contributed by atoms with E-state index in [0.717, 1.165) is 97.7 Å². The van der Waals surface area contributed by atoms with E-state index in [4.69, 9.17) is 9.47 Å². The molecule has 5 rings (SSSR count). The van der Waals surface area contributed by atoms with E-state index >= 15 is 0 Å². The molecule has 0 saturated carbocycles. The molecule has 7 nitrogen and oxygen atoms in total. The van der Waals surface area contributed by atoms with Gasteiger partial charge in [0.15, 0.2) is 0 Å². The molecule has 0 saturated heterocycles. The summed E-state index contributed by atoms with van der Waals surface area (Å²) in [4.78, 5) is 25.4. The third-order valence-electron chi connectivity index (χ3n) is 9.39. The minimum atomic E-state index is -0.0354. The fraction of sp³-hybridized carbons (Fsp3) is 0.455. The van der Waals surface area contributed by atoms with E-state index < -0.39 is 0 Å². The Labute approximate surface area is 316 Å². The molecule has 2 heterocycles. The highest BCUT2D eigenvalue weighted by atomic mass is 32.2. The Kier molecular flexibility index (Phi) is 15.3. The number of H-pyrrole nitrogens is 1. The molecule has 1 amide bonds. The Morgan fingerprint density at radius 2 is 1.77 bits per heavy atom. The average molecular weight is 723 g/mol. The molecule has 3 aromatic carbocycles. The van der Waals surface area contributed by atoms with Gasteiger partial charge in [0.25, 0.3) is 5.91 Å². The quantitative estimate of drug-likeness (QED) is 0.0741. The van der Waals surface area contributed by atoms with Gasteiger partial charge in [-0.05, 0) is 116 Å². The van der Waals surface area contributed by atoms with Crippen molar-refractivity contribution in [2.75, 3.05) is 48.9 Å². The van der Waals surface area contributed by atoms with E-state index in [-0.39, 0.29) is 5.91 Å². The van der Waals surface area contributed by atoms with Crippen LogP contribution in [0, 0.1) is 12.8 Å². The number of imidazole rings is 1. The Morgan fingerprint density at radius 3 is 2.54 bits per heavy atom. The number of benzene rings is 3. The van der Waals surface area contributed by atoms with Crippen LogP contribution in [0.15, 0.2) is 77.5 Å². The fourth-order valence-electron chi connectivity index (χ4n) is 6.59. The van der Waals surface area contributed by atoms with Crippen molar-refractivity contribution in [3.63, 3.8) is 0 Å². The van der Waals surface area contributed by atoms with Crippen LogP contribution in [0.25, 0.3) is 17.2 Å². The second-order valence-electron chi connectivity index (χ2n) is 14.2. The maximum absolute atomic E-state index is 13.8. The van der Waals surface area contributed by atoms with Crippen LogP contribution in [0.3, 0.4) is 0 Å². The predicted molar refractivity (Wildman–Crippen MR) is 219 cm³/mol. The number of anilines is 2. The molecule has 0 radical (unpaired) electrons. The molecule has 8 heteroatoms. The summed E-state index contributed by atoms with van der Waals surface area (Å²) < 4.78 is 11.5. The predicted octanol–water partition coefficient (Wildman–Crippen LogP) is 10.5. The maximum Gasteiger partial charge on any atom is 0.251 e. The summed E-state index contributed by atoms with van der Waals surface area (Å²) in [6.07, 6.45) is 12.1. The monoisotopic (exact) mass is 722 g/mol. The molecular weight excluding hydrogens is 665 g/mol. The summed E-state index contributed by atoms with van der Waals surface area (Å²) in [6.45, 7) is 14.8. The van der Waals surface area contributed by atoms with E-state index in [0.29, 0.717) is 19.1 Å². The molecular formula is C44H58N4O3S. The van der Waals surface area contributed by atoms with Crippen molar-refractivity contribution in [3.8, 4) is 16.9 Å². The number of thioether (sulfide) groups is 1. The summed E-state index contributed by atoms with van der Waals surface area (Å²) in [6, 6.07) is 21.1. The first-order chi connectivity index (χ1) is 25.3. The van der Waals surface area contributed by atoms with Crippen LogP contribution in [0.2, 0.25) is 0 Å². The maximum atomic E-state index is 13.8. The van der Waals surface area contributed by atoms with Gasteiger partial charge in [0, 0.05) is 59.4 Å². The smallest absolute Gasteiger partial charge is 0.251 e. The minimum Gasteiger partial charge on any atom is -0.491 e. The van der Waals surface area contributed by atoms with Gasteiger partial charge in [0.1, 0.15) is 12.4 Å². The van der Waals surface area contributed by atoms with Gasteiger partial charge in [0.2, 0.25) is 0 Å². The summed E-state index contributed by atoms with van der Waals surface area (Å²) in [7, 11) is 0. The van der Waals surface area contributed by atoms with Crippen molar-refractivity contribution in [2.24, 2.45) is 5.92 Å². The van der Waals surface area contributed by atoms with Gasteiger partial charge in [-0.1, -0.05) is 58.7 Å².